The van der Waals surface area contributed by atoms with Crippen molar-refractivity contribution in [1.29, 1.82) is 0 Å². The van der Waals surface area contributed by atoms with Crippen LogP contribution in [-0.2, 0) is 10.0 Å². The fourth-order valence-electron chi connectivity index (χ4n) is 3.14. The van der Waals surface area contributed by atoms with Crippen molar-refractivity contribution in [3.63, 3.8) is 0 Å². The Morgan fingerprint density at radius 3 is 2.33 bits per heavy atom. The summed E-state index contributed by atoms with van der Waals surface area (Å²) >= 11 is 2.22. The molecule has 1 N–H and O–H groups in total. The lowest BCUT2D eigenvalue weighted by Crippen LogP contribution is -2.36. The molecule has 2 aromatic carbocycles. The molecule has 5 nitrogen and oxygen atoms in total. The van der Waals surface area contributed by atoms with Crippen LogP contribution in [0.15, 0.2) is 41.3 Å². The number of carbonyl (C=O) groups is 1. The summed E-state index contributed by atoms with van der Waals surface area (Å²) in [4.78, 5) is 12.9. The maximum atomic E-state index is 13.0. The number of nitrogens with zero attached hydrogens (tertiary/aromatic N) is 1. The van der Waals surface area contributed by atoms with Gasteiger partial charge < -0.3 is 5.32 Å². The van der Waals surface area contributed by atoms with Crippen LogP contribution in [0.2, 0.25) is 0 Å². The molecule has 3 rings (SSSR count). The van der Waals surface area contributed by atoms with Crippen LogP contribution in [-0.4, -0.2) is 31.7 Å². The molecular formula is C20H23IN2O3S. The van der Waals surface area contributed by atoms with E-state index in [2.05, 4.69) is 27.9 Å². The van der Waals surface area contributed by atoms with Gasteiger partial charge in [-0.1, -0.05) is 18.6 Å². The quantitative estimate of drug-likeness (QED) is 0.639. The first-order valence-electron chi connectivity index (χ1n) is 8.97. The minimum atomic E-state index is -3.58. The van der Waals surface area contributed by atoms with Crippen molar-refractivity contribution in [1.82, 2.24) is 4.31 Å². The Hall–Kier alpha value is -1.45. The van der Waals surface area contributed by atoms with Gasteiger partial charge in [0.15, 0.2) is 0 Å². The van der Waals surface area contributed by atoms with Gasteiger partial charge in [-0.3, -0.25) is 4.79 Å². The average Bonchev–Trinajstić information content (AvgIpc) is 2.65. The van der Waals surface area contributed by atoms with Crippen LogP contribution in [0.4, 0.5) is 5.69 Å². The Morgan fingerprint density at radius 2 is 1.67 bits per heavy atom. The predicted octanol–water partition coefficient (Wildman–Crippen LogP) is 4.33. The Bertz CT molecular complexity index is 967. The standard InChI is InChI=1S/C20H23IN2O3S/c1-14-7-9-17(13-18(14)21)22-20(24)16-8-6-15(2)19(12-16)27(25,26)23-10-4-3-5-11-23/h6-9,12-13H,3-5,10-11H2,1-2H3,(H,22,24). The van der Waals surface area contributed by atoms with E-state index in [1.807, 2.05) is 25.1 Å². The lowest BCUT2D eigenvalue weighted by atomic mass is 10.1. The van der Waals surface area contributed by atoms with Gasteiger partial charge in [-0.05, 0) is 84.7 Å². The first-order valence-corrected chi connectivity index (χ1v) is 11.5. The average molecular weight is 498 g/mol. The van der Waals surface area contributed by atoms with E-state index in [1.54, 1.807) is 19.1 Å². The van der Waals surface area contributed by atoms with Gasteiger partial charge in [0.2, 0.25) is 10.0 Å². The van der Waals surface area contributed by atoms with Crippen molar-refractivity contribution >= 4 is 44.2 Å². The third-order valence-corrected chi connectivity index (χ3v) is 8.02. The topological polar surface area (TPSA) is 66.5 Å². The number of piperidine rings is 1. The van der Waals surface area contributed by atoms with Gasteiger partial charge in [-0.25, -0.2) is 8.42 Å². The summed E-state index contributed by atoms with van der Waals surface area (Å²) in [5.74, 6) is -0.315. The molecule has 0 unspecified atom stereocenters. The summed E-state index contributed by atoms with van der Waals surface area (Å²) in [6, 6.07) is 10.5. The summed E-state index contributed by atoms with van der Waals surface area (Å²) in [5.41, 5.74) is 2.82. The molecule has 1 aliphatic heterocycles. The largest absolute Gasteiger partial charge is 0.322 e. The van der Waals surface area contributed by atoms with Crippen molar-refractivity contribution in [3.8, 4) is 0 Å². The number of rotatable bonds is 4. The van der Waals surface area contributed by atoms with Crippen molar-refractivity contribution in [2.45, 2.75) is 38.0 Å². The highest BCUT2D eigenvalue weighted by atomic mass is 127. The molecule has 1 fully saturated rings. The molecule has 1 heterocycles. The monoisotopic (exact) mass is 498 g/mol. The molecule has 0 bridgehead atoms. The van der Waals surface area contributed by atoms with Gasteiger partial charge in [0.05, 0.1) is 4.90 Å². The summed E-state index contributed by atoms with van der Waals surface area (Å²) in [6.07, 6.45) is 2.82. The van der Waals surface area contributed by atoms with Crippen LogP contribution in [0.3, 0.4) is 0 Å². The highest BCUT2D eigenvalue weighted by Gasteiger charge is 2.28. The number of benzene rings is 2. The maximum Gasteiger partial charge on any atom is 0.255 e. The van der Waals surface area contributed by atoms with Crippen LogP contribution < -0.4 is 5.32 Å². The molecule has 144 valence electrons. The normalized spacial score (nSPS) is 15.5. The molecule has 0 spiro atoms. The summed E-state index contributed by atoms with van der Waals surface area (Å²) in [5, 5.41) is 2.85. The van der Waals surface area contributed by atoms with Crippen LogP contribution in [0.1, 0.15) is 40.7 Å². The number of carbonyl (C=O) groups excluding carboxylic acids is 1. The Morgan fingerprint density at radius 1 is 1.00 bits per heavy atom. The van der Waals surface area contributed by atoms with Crippen LogP contribution in [0.25, 0.3) is 0 Å². The third-order valence-electron chi connectivity index (χ3n) is 4.81. The maximum absolute atomic E-state index is 13.0. The first-order chi connectivity index (χ1) is 12.8. The minimum absolute atomic E-state index is 0.218. The lowest BCUT2D eigenvalue weighted by molar-refractivity contribution is 0.102. The second-order valence-electron chi connectivity index (χ2n) is 6.86. The summed E-state index contributed by atoms with van der Waals surface area (Å²) in [6.45, 7) is 4.85. The highest BCUT2D eigenvalue weighted by molar-refractivity contribution is 14.1. The fourth-order valence-corrected chi connectivity index (χ4v) is 5.42. The molecule has 1 amide bonds. The van der Waals surface area contributed by atoms with E-state index in [0.29, 0.717) is 29.9 Å². The zero-order valence-electron chi connectivity index (χ0n) is 15.5. The Balaban J connectivity index is 1.88. The number of anilines is 1. The molecular weight excluding hydrogens is 475 g/mol. The van der Waals surface area contributed by atoms with Crippen molar-refractivity contribution in [3.05, 3.63) is 56.7 Å². The smallest absolute Gasteiger partial charge is 0.255 e. The van der Waals surface area contributed by atoms with E-state index >= 15 is 0 Å². The van der Waals surface area contributed by atoms with E-state index in [1.165, 1.54) is 10.4 Å². The number of halogens is 1. The van der Waals surface area contributed by atoms with E-state index in [9.17, 15) is 13.2 Å². The van der Waals surface area contributed by atoms with E-state index in [4.69, 9.17) is 0 Å². The van der Waals surface area contributed by atoms with Crippen molar-refractivity contribution in [2.75, 3.05) is 18.4 Å². The molecule has 27 heavy (non-hydrogen) atoms. The van der Waals surface area contributed by atoms with Crippen molar-refractivity contribution < 1.29 is 13.2 Å². The second-order valence-corrected chi connectivity index (χ2v) is 9.93. The molecule has 0 aromatic heterocycles. The number of sulfonamides is 1. The molecule has 2 aromatic rings. The zero-order valence-corrected chi connectivity index (χ0v) is 18.4. The van der Waals surface area contributed by atoms with E-state index in [0.717, 1.165) is 28.4 Å². The third kappa shape index (κ3) is 4.52. The van der Waals surface area contributed by atoms with Crippen molar-refractivity contribution in [2.24, 2.45) is 0 Å². The van der Waals surface area contributed by atoms with E-state index < -0.39 is 10.0 Å². The Labute approximate surface area is 174 Å². The first kappa shape index (κ1) is 20.3. The van der Waals surface area contributed by atoms with Crippen LogP contribution in [0.5, 0.6) is 0 Å². The number of hydrogen-bond donors (Lipinski definition) is 1. The molecule has 0 aliphatic carbocycles. The molecule has 1 saturated heterocycles. The number of nitrogens with one attached hydrogen (secondary N) is 1. The minimum Gasteiger partial charge on any atom is -0.322 e. The van der Waals surface area contributed by atoms with Gasteiger partial charge in [-0.15, -0.1) is 0 Å². The predicted molar refractivity (Wildman–Crippen MR) is 116 cm³/mol. The molecule has 0 atom stereocenters. The highest BCUT2D eigenvalue weighted by Crippen LogP contribution is 2.25. The van der Waals surface area contributed by atoms with Gasteiger partial charge in [0.25, 0.3) is 5.91 Å². The number of amides is 1. The van der Waals surface area contributed by atoms with Crippen LogP contribution in [0, 0.1) is 17.4 Å². The molecule has 1 aliphatic rings. The SMILES string of the molecule is Cc1ccc(NC(=O)c2ccc(C)c(S(=O)(=O)N3CCCCC3)c2)cc1I. The van der Waals surface area contributed by atoms with E-state index in [-0.39, 0.29) is 10.8 Å². The Kier molecular flexibility index (Phi) is 6.22. The molecule has 0 saturated carbocycles. The second kappa shape index (κ2) is 8.28. The molecule has 7 heteroatoms. The summed E-state index contributed by atoms with van der Waals surface area (Å²) in [7, 11) is -3.58. The number of hydrogen-bond acceptors (Lipinski definition) is 3. The van der Waals surface area contributed by atoms with Gasteiger partial charge in [0, 0.05) is 27.9 Å². The van der Waals surface area contributed by atoms with Gasteiger partial charge in [0.1, 0.15) is 0 Å². The van der Waals surface area contributed by atoms with Gasteiger partial charge >= 0.3 is 0 Å². The zero-order chi connectivity index (χ0) is 19.6. The summed E-state index contributed by atoms with van der Waals surface area (Å²) < 4.78 is 28.6. The fraction of sp³-hybridized carbons (Fsp3) is 0.350. The lowest BCUT2D eigenvalue weighted by Gasteiger charge is -2.26. The van der Waals surface area contributed by atoms with Crippen LogP contribution >= 0.6 is 22.6 Å². The molecule has 0 radical (unpaired) electrons. The number of aryl methyl sites for hydroxylation is 2. The van der Waals surface area contributed by atoms with Gasteiger partial charge in [-0.2, -0.15) is 4.31 Å².